The summed E-state index contributed by atoms with van der Waals surface area (Å²) in [5.41, 5.74) is 0. The molecule has 0 heterocycles. The minimum atomic E-state index is -4.26. The Morgan fingerprint density at radius 2 is 1.91 bits per heavy atom. The van der Waals surface area contributed by atoms with E-state index in [-0.39, 0.29) is 25.9 Å². The van der Waals surface area contributed by atoms with Crippen LogP contribution in [-0.2, 0) is 10.1 Å². The maximum absolute atomic E-state index is 13.2. The molecule has 0 saturated carbocycles. The van der Waals surface area contributed by atoms with Crippen LogP contribution in [-0.4, -0.2) is 9.97 Å². The number of nitrogens with two attached hydrogens (primary N) is 1. The van der Waals surface area contributed by atoms with E-state index in [1.54, 1.807) is 0 Å². The molecule has 0 aliphatic rings. The summed E-state index contributed by atoms with van der Waals surface area (Å²) in [4.78, 5) is -0.195. The second-order valence-electron chi connectivity index (χ2n) is 4.31. The maximum Gasteiger partial charge on any atom is 0.305 e. The third kappa shape index (κ3) is 3.81. The Hall–Kier alpha value is -1.09. The number of benzene rings is 2. The maximum atomic E-state index is 13.2. The van der Waals surface area contributed by atoms with Gasteiger partial charge in [0.2, 0.25) is 0 Å². The highest BCUT2D eigenvalue weighted by atomic mass is 79.9. The second-order valence-corrected chi connectivity index (χ2v) is 7.93. The molecule has 0 aromatic heterocycles. The molecule has 0 amide bonds. The van der Waals surface area contributed by atoms with Crippen molar-refractivity contribution in [3.8, 4) is 11.5 Å². The van der Waals surface area contributed by atoms with Gasteiger partial charge in [-0.25, -0.2) is 4.39 Å². The van der Waals surface area contributed by atoms with E-state index >= 15 is 0 Å². The van der Waals surface area contributed by atoms with Crippen molar-refractivity contribution in [3.63, 3.8) is 0 Å². The fraction of sp³-hybridized carbons (Fsp3) is 0.0769. The van der Waals surface area contributed by atoms with Crippen LogP contribution < -0.4 is 9.88 Å². The van der Waals surface area contributed by atoms with Gasteiger partial charge in [-0.05, 0) is 46.3 Å². The zero-order valence-corrected chi connectivity index (χ0v) is 14.0. The number of alkyl halides is 2. The fourth-order valence-corrected chi connectivity index (χ4v) is 3.33. The summed E-state index contributed by atoms with van der Waals surface area (Å²) in [7, 11) is -4.26. The molecule has 2 rings (SSSR count). The van der Waals surface area contributed by atoms with Crippen molar-refractivity contribution >= 4 is 37.6 Å². The van der Waals surface area contributed by atoms with Gasteiger partial charge in [-0.3, -0.25) is 9.35 Å². The lowest BCUT2D eigenvalue weighted by atomic mass is 10.3. The number of hydrogen-bond acceptors (Lipinski definition) is 2. The first kappa shape index (κ1) is 17.3. The summed E-state index contributed by atoms with van der Waals surface area (Å²) in [6.07, 6.45) is 0. The van der Waals surface area contributed by atoms with E-state index in [1.165, 1.54) is 24.3 Å². The van der Waals surface area contributed by atoms with Crippen molar-refractivity contribution in [2.24, 2.45) is 5.14 Å². The molecule has 0 unspecified atom stereocenters. The third-order valence-corrected chi connectivity index (χ3v) is 5.18. The highest BCUT2D eigenvalue weighted by molar-refractivity contribution is 9.10. The lowest BCUT2D eigenvalue weighted by molar-refractivity contribution is 0.239. The summed E-state index contributed by atoms with van der Waals surface area (Å²) in [5, 5.41) is 5.31. The summed E-state index contributed by atoms with van der Waals surface area (Å²) in [6, 6.07) is 7.27. The normalized spacial score (nSPS) is 12.5. The Bertz CT molecular complexity index is 740. The van der Waals surface area contributed by atoms with Gasteiger partial charge in [0.1, 0.15) is 17.3 Å². The van der Waals surface area contributed by atoms with Crippen LogP contribution in [0.3, 0.4) is 0 Å². The van der Waals surface area contributed by atoms with Crippen molar-refractivity contribution in [2.45, 2.75) is 10.7 Å². The van der Waals surface area contributed by atoms with Gasteiger partial charge in [0, 0.05) is 26.1 Å². The largest absolute Gasteiger partial charge is 0.456 e. The molecule has 3 nitrogen and oxygen atoms in total. The smallest absolute Gasteiger partial charge is 0.305 e. The molecule has 2 aromatic carbocycles. The van der Waals surface area contributed by atoms with Crippen molar-refractivity contribution < 1.29 is 22.1 Å². The van der Waals surface area contributed by atoms with Crippen LogP contribution in [0.15, 0.2) is 45.8 Å². The number of halogens is 5. The fourth-order valence-electron chi connectivity index (χ4n) is 1.62. The average Bonchev–Trinajstić information content (AvgIpc) is 2.39. The first-order valence-electron chi connectivity index (χ1n) is 5.80. The molecule has 120 valence electrons. The molecule has 0 spiro atoms. The van der Waals surface area contributed by atoms with Crippen LogP contribution >= 0.6 is 27.5 Å². The van der Waals surface area contributed by atoms with Crippen molar-refractivity contribution in [2.75, 3.05) is 0 Å². The Labute approximate surface area is 138 Å². The highest BCUT2D eigenvalue weighted by Gasteiger charge is 2.24. The molecule has 0 aliphatic carbocycles. The lowest BCUT2D eigenvalue weighted by Crippen LogP contribution is -2.30. The van der Waals surface area contributed by atoms with Crippen LogP contribution in [0.5, 0.6) is 11.5 Å². The minimum absolute atomic E-state index is 0.128. The first-order chi connectivity index (χ1) is 10.2. The average molecular weight is 417 g/mol. The van der Waals surface area contributed by atoms with Gasteiger partial charge < -0.3 is 4.74 Å². The lowest BCUT2D eigenvalue weighted by Gasteiger charge is -2.19. The van der Waals surface area contributed by atoms with Crippen LogP contribution in [0.1, 0.15) is 0 Å². The van der Waals surface area contributed by atoms with E-state index in [1.807, 2.05) is 0 Å². The molecule has 0 radical (unpaired) electrons. The van der Waals surface area contributed by atoms with Gasteiger partial charge in [-0.1, -0.05) is 11.6 Å². The molecular formula is C13H10BrClF3NO2S. The van der Waals surface area contributed by atoms with Gasteiger partial charge in [0.05, 0.1) is 4.47 Å². The van der Waals surface area contributed by atoms with Crippen LogP contribution in [0.25, 0.3) is 0 Å². The molecular weight excluding hydrogens is 407 g/mol. The van der Waals surface area contributed by atoms with Gasteiger partial charge in [0.15, 0.2) is 0 Å². The summed E-state index contributed by atoms with van der Waals surface area (Å²) >= 11 is 8.82. The van der Waals surface area contributed by atoms with Crippen molar-refractivity contribution in [1.29, 1.82) is 0 Å². The number of ether oxygens (including phenoxy) is 1. The van der Waals surface area contributed by atoms with E-state index in [2.05, 4.69) is 15.9 Å². The zero-order chi connectivity index (χ0) is 16.5. The highest BCUT2D eigenvalue weighted by Crippen LogP contribution is 2.34. The predicted octanol–water partition coefficient (Wildman–Crippen LogP) is 4.51. The minimum Gasteiger partial charge on any atom is -0.456 e. The number of hydrogen-bond donors (Lipinski definition) is 2. The van der Waals surface area contributed by atoms with E-state index in [9.17, 15) is 17.4 Å². The van der Waals surface area contributed by atoms with Crippen molar-refractivity contribution in [3.05, 3.63) is 51.7 Å². The van der Waals surface area contributed by atoms with Crippen molar-refractivity contribution in [1.82, 2.24) is 0 Å². The molecule has 9 heteroatoms. The van der Waals surface area contributed by atoms with E-state index in [0.717, 1.165) is 12.1 Å². The van der Waals surface area contributed by atoms with Crippen LogP contribution in [0.4, 0.5) is 13.2 Å². The molecule has 0 saturated heterocycles. The molecule has 2 aromatic rings. The summed E-state index contributed by atoms with van der Waals surface area (Å²) in [6.45, 7) is 0. The van der Waals surface area contributed by atoms with E-state index in [4.69, 9.17) is 21.5 Å². The summed E-state index contributed by atoms with van der Waals surface area (Å²) in [5.74, 6) is -3.41. The van der Waals surface area contributed by atoms with Crippen LogP contribution in [0.2, 0.25) is 5.02 Å². The van der Waals surface area contributed by atoms with E-state index in [0.29, 0.717) is 0 Å². The molecule has 22 heavy (non-hydrogen) atoms. The second kappa shape index (κ2) is 6.57. The van der Waals surface area contributed by atoms with Crippen LogP contribution in [0, 0.1) is 5.82 Å². The Morgan fingerprint density at radius 1 is 1.23 bits per heavy atom. The van der Waals surface area contributed by atoms with Gasteiger partial charge in [-0.15, -0.1) is 0 Å². The van der Waals surface area contributed by atoms with Gasteiger partial charge >= 0.3 is 5.76 Å². The molecule has 0 fully saturated rings. The third-order valence-electron chi connectivity index (χ3n) is 2.67. The van der Waals surface area contributed by atoms with Gasteiger partial charge in [-0.2, -0.15) is 8.78 Å². The monoisotopic (exact) mass is 415 g/mol. The number of rotatable bonds is 4. The van der Waals surface area contributed by atoms with Gasteiger partial charge in [0.25, 0.3) is 0 Å². The zero-order valence-electron chi connectivity index (χ0n) is 10.8. The Morgan fingerprint density at radius 3 is 2.45 bits per heavy atom. The molecule has 2 N–H and O–H groups in total. The Balaban J connectivity index is 2.33. The molecule has 0 bridgehead atoms. The predicted molar refractivity (Wildman–Crippen MR) is 83.6 cm³/mol. The quantitative estimate of drug-likeness (QED) is 0.721. The standard InChI is InChI=1S/C13H10BrClF3NO2S/c14-11-6-10(22(19,20)13(17)18)1-2-12(11)21-9-4-7(15)3-8(16)5-9/h1-6,13,22H,(H2,19,20). The van der Waals surface area contributed by atoms with E-state index < -0.39 is 21.7 Å². The molecule has 0 atom stereocenters. The summed E-state index contributed by atoms with van der Waals surface area (Å²) < 4.78 is 56.0. The first-order valence-corrected chi connectivity index (χ1v) is 8.82. The SMILES string of the molecule is N[SH](=O)(c1ccc(Oc2cc(F)cc(Cl)c2)c(Br)c1)C(F)F. The molecule has 0 aliphatic heterocycles. The topological polar surface area (TPSA) is 52.3 Å². The number of thiol groups is 1. The Kier molecular flexibility index (Phi) is 5.16.